The lowest BCUT2D eigenvalue weighted by Crippen LogP contribution is -2.46. The van der Waals surface area contributed by atoms with Crippen molar-refractivity contribution in [2.24, 2.45) is 0 Å². The van der Waals surface area contributed by atoms with E-state index in [0.29, 0.717) is 0 Å². The number of sulfonamides is 1. The maximum absolute atomic E-state index is 12.3. The highest BCUT2D eigenvalue weighted by molar-refractivity contribution is 7.88. The SMILES string of the molecule is CNCc1cccc(CS(=O)(=O)NC2CCCN(C)C2)c1. The maximum Gasteiger partial charge on any atom is 0.216 e. The number of hydrogen-bond acceptors (Lipinski definition) is 4. The summed E-state index contributed by atoms with van der Waals surface area (Å²) in [7, 11) is 0.622. The van der Waals surface area contributed by atoms with Crippen molar-refractivity contribution in [2.75, 3.05) is 27.2 Å². The highest BCUT2D eigenvalue weighted by atomic mass is 32.2. The van der Waals surface area contributed by atoms with Gasteiger partial charge < -0.3 is 10.2 Å². The second kappa shape index (κ2) is 7.35. The normalized spacial score (nSPS) is 20.6. The predicted octanol–water partition coefficient (Wildman–Crippen LogP) is 0.920. The van der Waals surface area contributed by atoms with Crippen LogP contribution in [0.2, 0.25) is 0 Å². The Balaban J connectivity index is 1.98. The number of nitrogens with one attached hydrogen (secondary N) is 2. The summed E-state index contributed by atoms with van der Waals surface area (Å²) in [5.41, 5.74) is 1.93. The summed E-state index contributed by atoms with van der Waals surface area (Å²) < 4.78 is 27.4. The van der Waals surface area contributed by atoms with E-state index in [0.717, 1.165) is 43.6 Å². The average molecular weight is 311 g/mol. The largest absolute Gasteiger partial charge is 0.316 e. The van der Waals surface area contributed by atoms with Crippen molar-refractivity contribution < 1.29 is 8.42 Å². The molecule has 0 amide bonds. The summed E-state index contributed by atoms with van der Waals surface area (Å²) in [6.07, 6.45) is 1.96. The molecule has 5 nitrogen and oxygen atoms in total. The summed E-state index contributed by atoms with van der Waals surface area (Å²) in [5.74, 6) is 0.0464. The summed E-state index contributed by atoms with van der Waals surface area (Å²) in [4.78, 5) is 2.17. The first-order valence-corrected chi connectivity index (χ1v) is 9.05. The second-order valence-corrected chi connectivity index (χ2v) is 7.58. The molecule has 0 radical (unpaired) electrons. The van der Waals surface area contributed by atoms with Crippen LogP contribution in [0, 0.1) is 0 Å². The molecule has 0 bridgehead atoms. The fourth-order valence-electron chi connectivity index (χ4n) is 2.81. The third-order valence-electron chi connectivity index (χ3n) is 3.70. The van der Waals surface area contributed by atoms with E-state index in [1.165, 1.54) is 0 Å². The molecular formula is C15H25N3O2S. The van der Waals surface area contributed by atoms with E-state index in [4.69, 9.17) is 0 Å². The molecule has 1 aliphatic heterocycles. The van der Waals surface area contributed by atoms with Crippen molar-refractivity contribution in [2.45, 2.75) is 31.2 Å². The molecule has 0 saturated carbocycles. The molecule has 1 aliphatic rings. The van der Waals surface area contributed by atoms with Gasteiger partial charge in [0.1, 0.15) is 0 Å². The third-order valence-corrected chi connectivity index (χ3v) is 5.11. The zero-order chi connectivity index (χ0) is 15.3. The van der Waals surface area contributed by atoms with Gasteiger partial charge in [-0.05, 0) is 44.6 Å². The van der Waals surface area contributed by atoms with Gasteiger partial charge in [0.05, 0.1) is 5.75 Å². The number of likely N-dealkylation sites (tertiary alicyclic amines) is 1. The molecule has 1 fully saturated rings. The fourth-order valence-corrected chi connectivity index (χ4v) is 4.21. The van der Waals surface area contributed by atoms with Crippen molar-refractivity contribution in [3.63, 3.8) is 0 Å². The predicted molar refractivity (Wildman–Crippen MR) is 85.5 cm³/mol. The molecule has 1 heterocycles. The Bertz CT molecular complexity index is 560. The lowest BCUT2D eigenvalue weighted by Gasteiger charge is -2.30. The van der Waals surface area contributed by atoms with Gasteiger partial charge in [0.25, 0.3) is 0 Å². The minimum atomic E-state index is -3.29. The van der Waals surface area contributed by atoms with E-state index >= 15 is 0 Å². The van der Waals surface area contributed by atoms with E-state index in [9.17, 15) is 8.42 Å². The molecule has 1 aromatic carbocycles. The van der Waals surface area contributed by atoms with E-state index in [1.807, 2.05) is 38.4 Å². The third kappa shape index (κ3) is 5.39. The van der Waals surface area contributed by atoms with Gasteiger partial charge in [0.2, 0.25) is 10.0 Å². The maximum atomic E-state index is 12.3. The molecule has 118 valence electrons. The van der Waals surface area contributed by atoms with Crippen LogP contribution in [0.5, 0.6) is 0 Å². The van der Waals surface area contributed by atoms with E-state index in [-0.39, 0.29) is 11.8 Å². The second-order valence-electron chi connectivity index (χ2n) is 5.83. The van der Waals surface area contributed by atoms with E-state index in [2.05, 4.69) is 14.9 Å². The van der Waals surface area contributed by atoms with Crippen LogP contribution in [-0.4, -0.2) is 46.5 Å². The zero-order valence-corrected chi connectivity index (χ0v) is 13.6. The first kappa shape index (κ1) is 16.4. The summed E-state index contributed by atoms with van der Waals surface area (Å²) in [6.45, 7) is 2.58. The number of hydrogen-bond donors (Lipinski definition) is 2. The van der Waals surface area contributed by atoms with E-state index < -0.39 is 10.0 Å². The van der Waals surface area contributed by atoms with E-state index in [1.54, 1.807) is 0 Å². The van der Waals surface area contributed by atoms with Gasteiger partial charge in [0, 0.05) is 19.1 Å². The number of rotatable bonds is 6. The lowest BCUT2D eigenvalue weighted by atomic mass is 10.1. The summed E-state index contributed by atoms with van der Waals surface area (Å²) >= 11 is 0. The Morgan fingerprint density at radius 2 is 2.10 bits per heavy atom. The molecule has 1 atom stereocenters. The van der Waals surface area contributed by atoms with Crippen molar-refractivity contribution in [1.82, 2.24) is 14.9 Å². The number of piperidine rings is 1. The molecule has 0 aromatic heterocycles. The van der Waals surface area contributed by atoms with Crippen LogP contribution in [-0.2, 0) is 22.3 Å². The van der Waals surface area contributed by atoms with Gasteiger partial charge in [-0.3, -0.25) is 0 Å². The molecule has 2 rings (SSSR count). The number of likely N-dealkylation sites (N-methyl/N-ethyl adjacent to an activating group) is 1. The minimum absolute atomic E-state index is 0.0363. The Morgan fingerprint density at radius 1 is 1.33 bits per heavy atom. The van der Waals surface area contributed by atoms with Crippen molar-refractivity contribution >= 4 is 10.0 Å². The van der Waals surface area contributed by atoms with Crippen molar-refractivity contribution in [1.29, 1.82) is 0 Å². The van der Waals surface area contributed by atoms with Crippen LogP contribution in [0.4, 0.5) is 0 Å². The van der Waals surface area contributed by atoms with Gasteiger partial charge >= 0.3 is 0 Å². The minimum Gasteiger partial charge on any atom is -0.316 e. The van der Waals surface area contributed by atoms with Crippen LogP contribution in [0.15, 0.2) is 24.3 Å². The fraction of sp³-hybridized carbons (Fsp3) is 0.600. The quantitative estimate of drug-likeness (QED) is 0.820. The Morgan fingerprint density at radius 3 is 2.81 bits per heavy atom. The molecule has 1 unspecified atom stereocenters. The summed E-state index contributed by atoms with van der Waals surface area (Å²) in [5, 5.41) is 3.07. The Hall–Kier alpha value is -0.950. The zero-order valence-electron chi connectivity index (χ0n) is 12.8. The first-order chi connectivity index (χ1) is 9.98. The lowest BCUT2D eigenvalue weighted by molar-refractivity contribution is 0.242. The highest BCUT2D eigenvalue weighted by Gasteiger charge is 2.22. The smallest absolute Gasteiger partial charge is 0.216 e. The monoisotopic (exact) mass is 311 g/mol. The van der Waals surface area contributed by atoms with Crippen LogP contribution in [0.3, 0.4) is 0 Å². The Kier molecular flexibility index (Phi) is 5.75. The van der Waals surface area contributed by atoms with Gasteiger partial charge in [-0.2, -0.15) is 0 Å². The topological polar surface area (TPSA) is 61.4 Å². The van der Waals surface area contributed by atoms with Gasteiger partial charge in [-0.1, -0.05) is 24.3 Å². The van der Waals surface area contributed by atoms with Crippen molar-refractivity contribution in [3.05, 3.63) is 35.4 Å². The van der Waals surface area contributed by atoms with Gasteiger partial charge in [0.15, 0.2) is 0 Å². The molecular weight excluding hydrogens is 286 g/mol. The number of nitrogens with zero attached hydrogens (tertiary/aromatic N) is 1. The average Bonchev–Trinajstić information content (AvgIpc) is 2.38. The molecule has 2 N–H and O–H groups in total. The molecule has 0 aliphatic carbocycles. The standard InChI is InChI=1S/C15H25N3O2S/c1-16-10-13-5-3-6-14(9-13)12-21(19,20)17-15-7-4-8-18(2)11-15/h3,5-6,9,15-17H,4,7-8,10-12H2,1-2H3. The molecule has 21 heavy (non-hydrogen) atoms. The molecule has 6 heteroatoms. The number of benzene rings is 1. The van der Waals surface area contributed by atoms with Crippen LogP contribution in [0.1, 0.15) is 24.0 Å². The van der Waals surface area contributed by atoms with Crippen LogP contribution >= 0.6 is 0 Å². The van der Waals surface area contributed by atoms with Gasteiger partial charge in [-0.15, -0.1) is 0 Å². The summed E-state index contributed by atoms with van der Waals surface area (Å²) in [6, 6.07) is 7.75. The van der Waals surface area contributed by atoms with Gasteiger partial charge in [-0.25, -0.2) is 13.1 Å². The Labute approximate surface area is 127 Å². The molecule has 1 saturated heterocycles. The molecule has 0 spiro atoms. The van der Waals surface area contributed by atoms with Crippen molar-refractivity contribution in [3.8, 4) is 0 Å². The first-order valence-electron chi connectivity index (χ1n) is 7.39. The van der Waals surface area contributed by atoms with Crippen LogP contribution < -0.4 is 10.0 Å². The molecule has 1 aromatic rings. The van der Waals surface area contributed by atoms with Crippen LogP contribution in [0.25, 0.3) is 0 Å². The highest BCUT2D eigenvalue weighted by Crippen LogP contribution is 2.12.